The summed E-state index contributed by atoms with van der Waals surface area (Å²) in [5.74, 6) is -2.90. The Morgan fingerprint density at radius 1 is 1.25 bits per heavy atom. The van der Waals surface area contributed by atoms with Crippen LogP contribution < -0.4 is 10.9 Å². The zero-order chi connectivity index (χ0) is 21.3. The first kappa shape index (κ1) is 22.2. The van der Waals surface area contributed by atoms with Gasteiger partial charge in [0.1, 0.15) is 17.5 Å². The largest absolute Gasteiger partial charge is 0.450 e. The van der Waals surface area contributed by atoms with Crippen LogP contribution in [0, 0.1) is 21.4 Å². The number of nitro groups is 1. The van der Waals surface area contributed by atoms with Crippen LogP contribution in [-0.4, -0.2) is 34.2 Å². The van der Waals surface area contributed by atoms with Gasteiger partial charge >= 0.3 is 6.18 Å². The number of nitriles is 1. The SMILES string of the molecule is C/C(CC(=O)C(F)(F)F)=N\NC(=O)C/C(C#N)=N\Nc1ccccc1[N+](=O)[O-]. The number of carbonyl (C=O) groups excluding carboxylic acids is 2. The summed E-state index contributed by atoms with van der Waals surface area (Å²) in [6.07, 6.45) is -6.64. The maximum absolute atomic E-state index is 12.1. The Hall–Kier alpha value is -3.82. The van der Waals surface area contributed by atoms with E-state index in [4.69, 9.17) is 5.26 Å². The summed E-state index contributed by atoms with van der Waals surface area (Å²) in [4.78, 5) is 32.7. The van der Waals surface area contributed by atoms with Crippen molar-refractivity contribution < 1.29 is 27.7 Å². The van der Waals surface area contributed by atoms with Gasteiger partial charge in [-0.1, -0.05) is 12.1 Å². The van der Waals surface area contributed by atoms with Gasteiger partial charge in [0, 0.05) is 11.8 Å². The fraction of sp³-hybridized carbons (Fsp3) is 0.267. The number of Topliss-reactive ketones (excluding diaryl/α,β-unsaturated/α-hetero) is 1. The molecule has 13 heteroatoms. The summed E-state index contributed by atoms with van der Waals surface area (Å²) in [5, 5.41) is 26.8. The summed E-state index contributed by atoms with van der Waals surface area (Å²) >= 11 is 0. The van der Waals surface area contributed by atoms with Gasteiger partial charge in [0.05, 0.1) is 17.8 Å². The molecule has 1 aromatic carbocycles. The number of nitrogens with one attached hydrogen (secondary N) is 2. The highest BCUT2D eigenvalue weighted by Crippen LogP contribution is 2.23. The number of amides is 1. The van der Waals surface area contributed by atoms with Crippen LogP contribution in [0.25, 0.3) is 0 Å². The summed E-state index contributed by atoms with van der Waals surface area (Å²) < 4.78 is 36.4. The van der Waals surface area contributed by atoms with Crippen molar-refractivity contribution in [3.8, 4) is 6.07 Å². The summed E-state index contributed by atoms with van der Waals surface area (Å²) in [7, 11) is 0. The van der Waals surface area contributed by atoms with E-state index in [1.165, 1.54) is 24.3 Å². The van der Waals surface area contributed by atoms with Crippen LogP contribution in [0.2, 0.25) is 0 Å². The van der Waals surface area contributed by atoms with E-state index in [0.717, 1.165) is 6.92 Å². The van der Waals surface area contributed by atoms with Gasteiger partial charge in [-0.2, -0.15) is 28.6 Å². The van der Waals surface area contributed by atoms with Crippen molar-refractivity contribution in [2.75, 3.05) is 5.43 Å². The first-order valence-electron chi connectivity index (χ1n) is 7.42. The number of carbonyl (C=O) groups is 2. The number of rotatable bonds is 8. The Kier molecular flexibility index (Phi) is 7.75. The highest BCUT2D eigenvalue weighted by atomic mass is 19.4. The Morgan fingerprint density at radius 2 is 1.89 bits per heavy atom. The van der Waals surface area contributed by atoms with Gasteiger partial charge in [0.15, 0.2) is 0 Å². The predicted octanol–water partition coefficient (Wildman–Crippen LogP) is 2.29. The molecule has 0 atom stereocenters. The normalized spacial score (nSPS) is 12.1. The number of anilines is 1. The highest BCUT2D eigenvalue weighted by molar-refractivity contribution is 6.10. The minimum Gasteiger partial charge on any atom is -0.289 e. The zero-order valence-electron chi connectivity index (χ0n) is 14.3. The van der Waals surface area contributed by atoms with Gasteiger partial charge in [-0.15, -0.1) is 0 Å². The van der Waals surface area contributed by atoms with Crippen LogP contribution in [-0.2, 0) is 9.59 Å². The van der Waals surface area contributed by atoms with Crippen molar-refractivity contribution in [3.05, 3.63) is 34.4 Å². The van der Waals surface area contributed by atoms with Gasteiger partial charge in [-0.3, -0.25) is 25.1 Å². The zero-order valence-corrected chi connectivity index (χ0v) is 14.3. The lowest BCUT2D eigenvalue weighted by Gasteiger charge is -2.05. The fourth-order valence-electron chi connectivity index (χ4n) is 1.68. The van der Waals surface area contributed by atoms with Crippen LogP contribution in [0.15, 0.2) is 34.5 Å². The Balaban J connectivity index is 2.70. The van der Waals surface area contributed by atoms with E-state index in [-0.39, 0.29) is 22.8 Å². The van der Waals surface area contributed by atoms with E-state index < -0.39 is 35.6 Å². The van der Waals surface area contributed by atoms with Gasteiger partial charge in [-0.05, 0) is 13.0 Å². The van der Waals surface area contributed by atoms with Gasteiger partial charge < -0.3 is 0 Å². The van der Waals surface area contributed by atoms with E-state index >= 15 is 0 Å². The molecule has 28 heavy (non-hydrogen) atoms. The minimum absolute atomic E-state index is 0.0137. The second-order valence-electron chi connectivity index (χ2n) is 5.21. The number of benzene rings is 1. The molecule has 2 N–H and O–H groups in total. The van der Waals surface area contributed by atoms with Crippen molar-refractivity contribution in [2.45, 2.75) is 25.9 Å². The molecular weight excluding hydrogens is 385 g/mol. The average molecular weight is 398 g/mol. The number of nitro benzene ring substituents is 1. The lowest BCUT2D eigenvalue weighted by atomic mass is 10.2. The molecule has 0 heterocycles. The lowest BCUT2D eigenvalue weighted by molar-refractivity contribution is -0.384. The van der Waals surface area contributed by atoms with E-state index in [9.17, 15) is 32.9 Å². The number of hydrogen-bond acceptors (Lipinski definition) is 8. The van der Waals surface area contributed by atoms with E-state index in [1.54, 1.807) is 6.07 Å². The Labute approximate surface area is 155 Å². The van der Waals surface area contributed by atoms with Crippen molar-refractivity contribution in [1.29, 1.82) is 5.26 Å². The molecule has 1 aromatic rings. The molecule has 0 aliphatic rings. The highest BCUT2D eigenvalue weighted by Gasteiger charge is 2.38. The van der Waals surface area contributed by atoms with Crippen LogP contribution in [0.5, 0.6) is 0 Å². The fourth-order valence-corrected chi connectivity index (χ4v) is 1.68. The predicted molar refractivity (Wildman–Crippen MR) is 91.3 cm³/mol. The standard InChI is InChI=1S/C15H13F3N6O4/c1-9(6-13(25)15(16,17)18)20-23-14(26)7-10(8-19)21-22-11-4-2-3-5-12(11)24(27)28/h2-5,22H,6-7H2,1H3,(H,23,26)/b20-9+,21-10+. The second kappa shape index (κ2) is 9.76. The van der Waals surface area contributed by atoms with Crippen LogP contribution in [0.4, 0.5) is 24.5 Å². The maximum Gasteiger partial charge on any atom is 0.450 e. The van der Waals surface area contributed by atoms with Crippen LogP contribution in [0.1, 0.15) is 19.8 Å². The van der Waals surface area contributed by atoms with Gasteiger partial charge in [0.2, 0.25) is 11.7 Å². The number of para-hydroxylation sites is 2. The van der Waals surface area contributed by atoms with E-state index in [0.29, 0.717) is 0 Å². The summed E-state index contributed by atoms with van der Waals surface area (Å²) in [6.45, 7) is 1.11. The number of hydrazone groups is 2. The molecule has 1 amide bonds. The molecule has 0 saturated carbocycles. The molecule has 0 unspecified atom stereocenters. The third-order valence-electron chi connectivity index (χ3n) is 2.97. The third kappa shape index (κ3) is 7.20. The van der Waals surface area contributed by atoms with Gasteiger partial charge in [0.25, 0.3) is 5.69 Å². The molecule has 1 rings (SSSR count). The molecule has 10 nitrogen and oxygen atoms in total. The second-order valence-corrected chi connectivity index (χ2v) is 5.21. The average Bonchev–Trinajstić information content (AvgIpc) is 2.62. The monoisotopic (exact) mass is 398 g/mol. The smallest absolute Gasteiger partial charge is 0.289 e. The molecule has 0 saturated heterocycles. The number of ketones is 1. The Bertz CT molecular complexity index is 873. The van der Waals surface area contributed by atoms with E-state index in [1.807, 2.05) is 5.43 Å². The summed E-state index contributed by atoms with van der Waals surface area (Å²) in [5.41, 5.74) is 3.22. The van der Waals surface area contributed by atoms with Crippen molar-refractivity contribution in [3.63, 3.8) is 0 Å². The van der Waals surface area contributed by atoms with Crippen molar-refractivity contribution in [1.82, 2.24) is 5.43 Å². The van der Waals surface area contributed by atoms with Gasteiger partial charge in [-0.25, -0.2) is 5.43 Å². The van der Waals surface area contributed by atoms with Crippen molar-refractivity contribution in [2.24, 2.45) is 10.2 Å². The third-order valence-corrected chi connectivity index (χ3v) is 2.97. The molecule has 148 valence electrons. The van der Waals surface area contributed by atoms with E-state index in [2.05, 4.69) is 15.6 Å². The molecule has 0 bridgehead atoms. The molecular formula is C15H13F3N6O4. The maximum atomic E-state index is 12.1. The molecule has 0 spiro atoms. The molecule has 0 fully saturated rings. The van der Waals surface area contributed by atoms with Crippen LogP contribution in [0.3, 0.4) is 0 Å². The number of hydrogen-bond donors (Lipinski definition) is 2. The summed E-state index contributed by atoms with van der Waals surface area (Å²) in [6, 6.07) is 7.05. The molecule has 0 radical (unpaired) electrons. The quantitative estimate of drug-likeness (QED) is 0.390. The molecule has 0 aromatic heterocycles. The topological polar surface area (TPSA) is 150 Å². The Morgan fingerprint density at radius 3 is 2.46 bits per heavy atom. The molecule has 0 aliphatic carbocycles. The minimum atomic E-state index is -5.01. The first-order chi connectivity index (χ1) is 13.0. The van der Waals surface area contributed by atoms with Crippen molar-refractivity contribution >= 4 is 34.5 Å². The van der Waals surface area contributed by atoms with Crippen LogP contribution >= 0.6 is 0 Å². The first-order valence-corrected chi connectivity index (χ1v) is 7.42. The number of nitrogens with zero attached hydrogens (tertiary/aromatic N) is 4. The number of alkyl halides is 3. The number of halogens is 3. The molecule has 0 aliphatic heterocycles. The lowest BCUT2D eigenvalue weighted by Crippen LogP contribution is -2.26.